The number of anilines is 1. The van der Waals surface area contributed by atoms with Crippen LogP contribution < -0.4 is 10.1 Å². The number of hydrogen-bond acceptors (Lipinski definition) is 4. The van der Waals surface area contributed by atoms with E-state index in [0.717, 1.165) is 17.7 Å². The van der Waals surface area contributed by atoms with E-state index in [9.17, 15) is 22.8 Å². The Morgan fingerprint density at radius 1 is 1.00 bits per heavy atom. The van der Waals surface area contributed by atoms with Gasteiger partial charge in [0.2, 0.25) is 0 Å². The van der Waals surface area contributed by atoms with Crippen LogP contribution >= 0.6 is 0 Å². The molecule has 1 aromatic heterocycles. The van der Waals surface area contributed by atoms with E-state index in [1.54, 1.807) is 25.3 Å². The monoisotopic (exact) mass is 460 g/mol. The molecule has 9 heteroatoms. The van der Waals surface area contributed by atoms with Crippen molar-refractivity contribution in [1.29, 1.82) is 0 Å². The van der Waals surface area contributed by atoms with Crippen molar-refractivity contribution < 1.29 is 32.2 Å². The zero-order valence-corrected chi connectivity index (χ0v) is 18.3. The normalized spacial score (nSPS) is 11.2. The number of halogens is 3. The largest absolute Gasteiger partial charge is 0.573 e. The quantitative estimate of drug-likeness (QED) is 0.474. The van der Waals surface area contributed by atoms with Crippen LogP contribution in [0.25, 0.3) is 0 Å². The Kier molecular flexibility index (Phi) is 7.10. The summed E-state index contributed by atoms with van der Waals surface area (Å²) in [5, 5.41) is 2.66. The second kappa shape index (κ2) is 9.81. The number of nitrogens with one attached hydrogen (secondary N) is 1. The summed E-state index contributed by atoms with van der Waals surface area (Å²) in [6, 6.07) is 14.3. The SMILES string of the molecule is CCOC(=O)c1c(C)c(C(=O)Nc2ccc(OC(F)(F)F)cc2)c(C)n1Cc1ccccc1. The third-order valence-corrected chi connectivity index (χ3v) is 4.99. The summed E-state index contributed by atoms with van der Waals surface area (Å²) in [7, 11) is 0. The molecule has 0 saturated heterocycles. The van der Waals surface area contributed by atoms with Crippen LogP contribution in [0.3, 0.4) is 0 Å². The van der Waals surface area contributed by atoms with Crippen molar-refractivity contribution in [1.82, 2.24) is 4.57 Å². The average molecular weight is 460 g/mol. The number of hydrogen-bond donors (Lipinski definition) is 1. The van der Waals surface area contributed by atoms with Gasteiger partial charge in [-0.2, -0.15) is 0 Å². The number of esters is 1. The molecular formula is C24H23F3N2O4. The predicted molar refractivity (Wildman–Crippen MR) is 116 cm³/mol. The first-order valence-corrected chi connectivity index (χ1v) is 10.2. The smallest absolute Gasteiger partial charge is 0.461 e. The van der Waals surface area contributed by atoms with Gasteiger partial charge in [0.15, 0.2) is 0 Å². The van der Waals surface area contributed by atoms with E-state index < -0.39 is 24.0 Å². The number of rotatable bonds is 7. The molecule has 1 heterocycles. The Balaban J connectivity index is 1.92. The van der Waals surface area contributed by atoms with Gasteiger partial charge in [-0.15, -0.1) is 13.2 Å². The van der Waals surface area contributed by atoms with E-state index in [4.69, 9.17) is 4.74 Å². The third kappa shape index (κ3) is 5.74. The van der Waals surface area contributed by atoms with Crippen molar-refractivity contribution in [2.75, 3.05) is 11.9 Å². The van der Waals surface area contributed by atoms with Gasteiger partial charge >= 0.3 is 12.3 Å². The molecule has 174 valence electrons. The summed E-state index contributed by atoms with van der Waals surface area (Å²) < 4.78 is 47.8. The summed E-state index contributed by atoms with van der Waals surface area (Å²) >= 11 is 0. The van der Waals surface area contributed by atoms with Crippen LogP contribution in [-0.4, -0.2) is 29.4 Å². The Labute approximate surface area is 188 Å². The fourth-order valence-electron chi connectivity index (χ4n) is 3.59. The number of aromatic nitrogens is 1. The van der Waals surface area contributed by atoms with E-state index in [0.29, 0.717) is 23.4 Å². The van der Waals surface area contributed by atoms with E-state index in [1.165, 1.54) is 12.1 Å². The van der Waals surface area contributed by atoms with Crippen molar-refractivity contribution in [3.63, 3.8) is 0 Å². The van der Waals surface area contributed by atoms with Crippen molar-refractivity contribution >= 4 is 17.6 Å². The van der Waals surface area contributed by atoms with Gasteiger partial charge in [-0.1, -0.05) is 30.3 Å². The van der Waals surface area contributed by atoms with Gasteiger partial charge in [0.25, 0.3) is 5.91 Å². The Morgan fingerprint density at radius 3 is 2.21 bits per heavy atom. The summed E-state index contributed by atoms with van der Waals surface area (Å²) in [6.45, 7) is 5.63. The molecule has 0 spiro atoms. The molecule has 0 atom stereocenters. The first-order chi connectivity index (χ1) is 15.6. The Bertz CT molecular complexity index is 1140. The fourth-order valence-corrected chi connectivity index (χ4v) is 3.59. The molecule has 0 unspecified atom stereocenters. The number of carbonyl (C=O) groups excluding carboxylic acids is 2. The van der Waals surface area contributed by atoms with Gasteiger partial charge in [-0.05, 0) is 56.2 Å². The molecule has 0 bridgehead atoms. The minimum atomic E-state index is -4.80. The van der Waals surface area contributed by atoms with E-state index in [-0.39, 0.29) is 18.0 Å². The average Bonchev–Trinajstić information content (AvgIpc) is 2.99. The lowest BCUT2D eigenvalue weighted by Gasteiger charge is -2.12. The van der Waals surface area contributed by atoms with Crippen LogP contribution in [0.4, 0.5) is 18.9 Å². The van der Waals surface area contributed by atoms with E-state index >= 15 is 0 Å². The highest BCUT2D eigenvalue weighted by Gasteiger charge is 2.31. The Hall–Kier alpha value is -3.75. The van der Waals surface area contributed by atoms with Crippen molar-refractivity contribution in [2.45, 2.75) is 33.7 Å². The number of amides is 1. The molecule has 33 heavy (non-hydrogen) atoms. The maximum absolute atomic E-state index is 13.1. The third-order valence-electron chi connectivity index (χ3n) is 4.99. The van der Waals surface area contributed by atoms with E-state index in [1.807, 2.05) is 30.3 Å². The van der Waals surface area contributed by atoms with Gasteiger partial charge in [-0.3, -0.25) is 4.79 Å². The summed E-state index contributed by atoms with van der Waals surface area (Å²) in [4.78, 5) is 25.8. The van der Waals surface area contributed by atoms with Crippen molar-refractivity contribution in [2.24, 2.45) is 0 Å². The predicted octanol–water partition coefficient (Wildman–Crippen LogP) is 5.48. The first-order valence-electron chi connectivity index (χ1n) is 10.2. The van der Waals surface area contributed by atoms with Gasteiger partial charge in [-0.25, -0.2) is 4.79 Å². The minimum absolute atomic E-state index is 0.182. The lowest BCUT2D eigenvalue weighted by atomic mass is 10.1. The molecule has 0 aliphatic heterocycles. The van der Waals surface area contributed by atoms with Crippen LogP contribution in [0.5, 0.6) is 5.75 Å². The highest BCUT2D eigenvalue weighted by atomic mass is 19.4. The fraction of sp³-hybridized carbons (Fsp3) is 0.250. The maximum Gasteiger partial charge on any atom is 0.573 e. The highest BCUT2D eigenvalue weighted by molar-refractivity contribution is 6.08. The minimum Gasteiger partial charge on any atom is -0.461 e. The highest BCUT2D eigenvalue weighted by Crippen LogP contribution is 2.27. The van der Waals surface area contributed by atoms with Crippen LogP contribution in [-0.2, 0) is 11.3 Å². The van der Waals surface area contributed by atoms with Crippen molar-refractivity contribution in [3.8, 4) is 5.75 Å². The Morgan fingerprint density at radius 2 is 1.64 bits per heavy atom. The zero-order valence-electron chi connectivity index (χ0n) is 18.3. The van der Waals surface area contributed by atoms with Crippen LogP contribution in [0, 0.1) is 13.8 Å². The molecule has 0 aliphatic rings. The van der Waals surface area contributed by atoms with Gasteiger partial charge in [0.05, 0.1) is 12.2 Å². The van der Waals surface area contributed by atoms with Crippen LogP contribution in [0.1, 0.15) is 44.6 Å². The number of ether oxygens (including phenoxy) is 2. The molecule has 1 amide bonds. The number of benzene rings is 2. The van der Waals surface area contributed by atoms with Gasteiger partial charge < -0.3 is 19.4 Å². The van der Waals surface area contributed by atoms with Gasteiger partial charge in [0.1, 0.15) is 11.4 Å². The number of nitrogens with zero attached hydrogens (tertiary/aromatic N) is 1. The topological polar surface area (TPSA) is 69.6 Å². The van der Waals surface area contributed by atoms with Crippen LogP contribution in [0.2, 0.25) is 0 Å². The molecule has 0 saturated carbocycles. The molecule has 6 nitrogen and oxygen atoms in total. The van der Waals surface area contributed by atoms with E-state index in [2.05, 4.69) is 10.1 Å². The number of alkyl halides is 3. The molecule has 3 aromatic rings. The molecule has 1 N–H and O–H groups in total. The lowest BCUT2D eigenvalue weighted by Crippen LogP contribution is -2.17. The standard InChI is InChI=1S/C24H23F3N2O4/c1-4-32-23(31)21-15(2)20(16(3)29(21)14-17-8-6-5-7-9-17)22(30)28-18-10-12-19(13-11-18)33-24(25,26)27/h5-13H,4,14H2,1-3H3,(H,28,30). The first kappa shape index (κ1) is 23.9. The lowest BCUT2D eigenvalue weighted by molar-refractivity contribution is -0.274. The second-order valence-electron chi connectivity index (χ2n) is 7.25. The zero-order chi connectivity index (χ0) is 24.2. The summed E-state index contributed by atoms with van der Waals surface area (Å²) in [5.41, 5.74) is 2.81. The molecular weight excluding hydrogens is 437 g/mol. The molecule has 2 aromatic carbocycles. The van der Waals surface area contributed by atoms with Crippen LogP contribution in [0.15, 0.2) is 54.6 Å². The van der Waals surface area contributed by atoms with Gasteiger partial charge in [0, 0.05) is 17.9 Å². The molecule has 3 rings (SSSR count). The second-order valence-corrected chi connectivity index (χ2v) is 7.25. The maximum atomic E-state index is 13.1. The number of carbonyl (C=O) groups is 2. The molecule has 0 fully saturated rings. The van der Waals surface area contributed by atoms with Crippen molar-refractivity contribution in [3.05, 3.63) is 82.7 Å². The summed E-state index contributed by atoms with van der Waals surface area (Å²) in [6.07, 6.45) is -4.80. The molecule has 0 aliphatic carbocycles. The summed E-state index contributed by atoms with van der Waals surface area (Å²) in [5.74, 6) is -1.43. The molecule has 0 radical (unpaired) electrons.